The van der Waals surface area contributed by atoms with Gasteiger partial charge < -0.3 is 4.43 Å². The lowest BCUT2D eigenvalue weighted by molar-refractivity contribution is 0.223. The van der Waals surface area contributed by atoms with Crippen LogP contribution in [0.2, 0.25) is 5.54 Å². The second kappa shape index (κ2) is 5.69. The van der Waals surface area contributed by atoms with Gasteiger partial charge in [0.05, 0.1) is 6.10 Å². The van der Waals surface area contributed by atoms with Crippen LogP contribution in [0.15, 0.2) is 84.9 Å². The minimum atomic E-state index is -2.25. The van der Waals surface area contributed by atoms with E-state index in [-0.39, 0.29) is 0 Å². The molecule has 0 amide bonds. The second-order valence-corrected chi connectivity index (χ2v) is 11.1. The molecule has 3 aromatic rings. The Labute approximate surface area is 150 Å². The molecular weight excluding hydrogens is 320 g/mol. The summed E-state index contributed by atoms with van der Waals surface area (Å²) in [6.45, 7) is 2.43. The summed E-state index contributed by atoms with van der Waals surface area (Å²) in [5.74, 6) is 0.517. The van der Waals surface area contributed by atoms with Gasteiger partial charge in [0, 0.05) is 5.92 Å². The van der Waals surface area contributed by atoms with Gasteiger partial charge in [-0.25, -0.2) is 0 Å². The van der Waals surface area contributed by atoms with E-state index >= 15 is 0 Å². The Morgan fingerprint density at radius 1 is 0.760 bits per heavy atom. The highest BCUT2D eigenvalue weighted by Crippen LogP contribution is 2.52. The van der Waals surface area contributed by atoms with Crippen LogP contribution in [0, 0.1) is 0 Å². The molecule has 0 spiro atoms. The summed E-state index contributed by atoms with van der Waals surface area (Å²) in [7, 11) is -2.25. The van der Waals surface area contributed by atoms with Crippen molar-refractivity contribution in [3.63, 3.8) is 0 Å². The molecular formula is C23H22OSi. The molecule has 1 fully saturated rings. The van der Waals surface area contributed by atoms with Crippen molar-refractivity contribution >= 4 is 18.7 Å². The predicted molar refractivity (Wildman–Crippen MR) is 105 cm³/mol. The fraction of sp³-hybridized carbons (Fsp3) is 0.217. The predicted octanol–water partition coefficient (Wildman–Crippen LogP) is 3.88. The second-order valence-electron chi connectivity index (χ2n) is 7.34. The van der Waals surface area contributed by atoms with Crippen LogP contribution >= 0.6 is 0 Å². The number of benzene rings is 3. The van der Waals surface area contributed by atoms with Gasteiger partial charge in [-0.2, -0.15) is 0 Å². The Hall–Kier alpha value is -2.16. The summed E-state index contributed by atoms with van der Waals surface area (Å²) in [6, 6.07) is 30.9. The molecule has 0 bridgehead atoms. The van der Waals surface area contributed by atoms with Crippen molar-refractivity contribution in [3.05, 3.63) is 96.1 Å². The fourth-order valence-corrected chi connectivity index (χ4v) is 9.95. The van der Waals surface area contributed by atoms with Gasteiger partial charge in [0.15, 0.2) is 0 Å². The molecule has 124 valence electrons. The minimum Gasteiger partial charge on any atom is -0.404 e. The molecule has 2 heteroatoms. The van der Waals surface area contributed by atoms with Gasteiger partial charge in [-0.15, -0.1) is 0 Å². The van der Waals surface area contributed by atoms with Crippen LogP contribution in [0.3, 0.4) is 0 Å². The molecule has 1 heterocycles. The van der Waals surface area contributed by atoms with Gasteiger partial charge >= 0.3 is 0 Å². The van der Waals surface area contributed by atoms with Gasteiger partial charge in [0.25, 0.3) is 8.32 Å². The third-order valence-corrected chi connectivity index (χ3v) is 10.9. The SMILES string of the molecule is CC1[C@@H]2c3ccccc3C[C@@H]2O[Si]1(c1ccccc1)c1ccccc1. The third kappa shape index (κ3) is 2.11. The van der Waals surface area contributed by atoms with Crippen LogP contribution in [-0.2, 0) is 10.8 Å². The molecule has 0 N–H and O–H groups in total. The van der Waals surface area contributed by atoms with Gasteiger partial charge in [0.1, 0.15) is 0 Å². The maximum absolute atomic E-state index is 7.08. The van der Waals surface area contributed by atoms with Crippen molar-refractivity contribution in [3.8, 4) is 0 Å². The van der Waals surface area contributed by atoms with Crippen molar-refractivity contribution in [1.82, 2.24) is 0 Å². The van der Waals surface area contributed by atoms with Crippen molar-refractivity contribution in [1.29, 1.82) is 0 Å². The minimum absolute atomic E-state index is 0.319. The topological polar surface area (TPSA) is 9.23 Å². The number of rotatable bonds is 2. The van der Waals surface area contributed by atoms with E-state index in [0.717, 1.165) is 6.42 Å². The van der Waals surface area contributed by atoms with Gasteiger partial charge in [-0.1, -0.05) is 91.9 Å². The molecule has 2 aliphatic rings. The Bertz CT molecular complexity index is 851. The Kier molecular flexibility index (Phi) is 3.44. The molecule has 5 rings (SSSR count). The third-order valence-electron chi connectivity index (χ3n) is 6.16. The summed E-state index contributed by atoms with van der Waals surface area (Å²) < 4.78 is 7.08. The Morgan fingerprint density at radius 2 is 1.32 bits per heavy atom. The van der Waals surface area contributed by atoms with Crippen LogP contribution in [0.4, 0.5) is 0 Å². The monoisotopic (exact) mass is 342 g/mol. The lowest BCUT2D eigenvalue weighted by Gasteiger charge is -2.33. The first-order valence-corrected chi connectivity index (χ1v) is 11.2. The first kappa shape index (κ1) is 15.1. The van der Waals surface area contributed by atoms with E-state index in [2.05, 4.69) is 91.9 Å². The van der Waals surface area contributed by atoms with Crippen LogP contribution in [0.1, 0.15) is 24.0 Å². The largest absolute Gasteiger partial charge is 0.404 e. The standard InChI is InChI=1S/C23H22OSi/c1-17-23-21-15-9-8-10-18(21)16-22(23)24-25(17,19-11-4-2-5-12-19)20-13-6-3-7-14-20/h2-15,17,22-23H,16H2,1H3/t17?,22-,23+/m0/s1. The summed E-state index contributed by atoms with van der Waals surface area (Å²) in [5.41, 5.74) is 3.51. The highest BCUT2D eigenvalue weighted by molar-refractivity contribution is 6.99. The average Bonchev–Trinajstić information content (AvgIpc) is 3.18. The average molecular weight is 343 g/mol. The molecule has 1 unspecified atom stereocenters. The smallest absolute Gasteiger partial charge is 0.259 e. The van der Waals surface area contributed by atoms with E-state index in [9.17, 15) is 0 Å². The Balaban J connectivity index is 1.70. The van der Waals surface area contributed by atoms with Gasteiger partial charge in [-0.3, -0.25) is 0 Å². The number of hydrogen-bond donors (Lipinski definition) is 0. The molecule has 0 saturated carbocycles. The van der Waals surface area contributed by atoms with Crippen molar-refractivity contribution in [2.24, 2.45) is 0 Å². The van der Waals surface area contributed by atoms with Gasteiger partial charge in [0.2, 0.25) is 0 Å². The first-order valence-electron chi connectivity index (χ1n) is 9.17. The number of hydrogen-bond acceptors (Lipinski definition) is 1. The lowest BCUT2D eigenvalue weighted by atomic mass is 9.97. The van der Waals surface area contributed by atoms with E-state index in [0.29, 0.717) is 17.6 Å². The molecule has 25 heavy (non-hydrogen) atoms. The van der Waals surface area contributed by atoms with E-state index < -0.39 is 8.32 Å². The molecule has 1 saturated heterocycles. The van der Waals surface area contributed by atoms with E-state index in [4.69, 9.17) is 4.43 Å². The highest BCUT2D eigenvalue weighted by atomic mass is 28.4. The van der Waals surface area contributed by atoms with Crippen LogP contribution in [0.25, 0.3) is 0 Å². The van der Waals surface area contributed by atoms with E-state index in [1.54, 1.807) is 0 Å². The first-order chi connectivity index (χ1) is 12.3. The fourth-order valence-electron chi connectivity index (χ4n) is 5.09. The van der Waals surface area contributed by atoms with Gasteiger partial charge in [-0.05, 0) is 33.5 Å². The zero-order valence-electron chi connectivity index (χ0n) is 14.4. The van der Waals surface area contributed by atoms with E-state index in [1.165, 1.54) is 21.5 Å². The molecule has 1 nitrogen and oxygen atoms in total. The molecule has 0 radical (unpaired) electrons. The van der Waals surface area contributed by atoms with Crippen molar-refractivity contribution < 1.29 is 4.43 Å². The maximum Gasteiger partial charge on any atom is 0.259 e. The van der Waals surface area contributed by atoms with Crippen molar-refractivity contribution in [2.45, 2.75) is 30.9 Å². The zero-order valence-corrected chi connectivity index (χ0v) is 15.4. The maximum atomic E-state index is 7.08. The molecule has 1 aliphatic heterocycles. The summed E-state index contributed by atoms with van der Waals surface area (Å²) >= 11 is 0. The van der Waals surface area contributed by atoms with Crippen LogP contribution in [-0.4, -0.2) is 14.4 Å². The quantitative estimate of drug-likeness (QED) is 0.642. The summed E-state index contributed by atoms with van der Waals surface area (Å²) in [6.07, 6.45) is 1.37. The number of fused-ring (bicyclic) bond motifs is 3. The molecule has 3 aromatic carbocycles. The summed E-state index contributed by atoms with van der Waals surface area (Å²) in [5, 5.41) is 2.81. The van der Waals surface area contributed by atoms with Crippen molar-refractivity contribution in [2.75, 3.05) is 0 Å². The molecule has 1 aliphatic carbocycles. The summed E-state index contributed by atoms with van der Waals surface area (Å²) in [4.78, 5) is 0. The lowest BCUT2D eigenvalue weighted by Crippen LogP contribution is -2.61. The normalized spacial score (nSPS) is 26.2. The van der Waals surface area contributed by atoms with E-state index in [1.807, 2.05) is 0 Å². The highest BCUT2D eigenvalue weighted by Gasteiger charge is 2.59. The van der Waals surface area contributed by atoms with Crippen LogP contribution < -0.4 is 10.4 Å². The van der Waals surface area contributed by atoms with Crippen LogP contribution in [0.5, 0.6) is 0 Å². The Morgan fingerprint density at radius 3 is 1.96 bits per heavy atom. The molecule has 3 atom stereocenters. The molecule has 0 aromatic heterocycles. The zero-order chi connectivity index (χ0) is 16.9.